The summed E-state index contributed by atoms with van der Waals surface area (Å²) in [5.41, 5.74) is 0.0336. The fourth-order valence-corrected chi connectivity index (χ4v) is 6.06. The van der Waals surface area contributed by atoms with Gasteiger partial charge in [0.15, 0.2) is 5.82 Å². The first-order chi connectivity index (χ1) is 18.4. The van der Waals surface area contributed by atoms with Crippen molar-refractivity contribution in [1.29, 1.82) is 0 Å². The Bertz CT molecular complexity index is 1400. The lowest BCUT2D eigenvalue weighted by Gasteiger charge is -2.45. The summed E-state index contributed by atoms with van der Waals surface area (Å²) in [5.74, 6) is 0.0412. The second-order valence-electron chi connectivity index (χ2n) is 10.9. The number of aryl methyl sites for hydroxylation is 1. The number of fused-ring (bicyclic) bond motifs is 1. The van der Waals surface area contributed by atoms with Crippen molar-refractivity contribution in [3.05, 3.63) is 51.5 Å². The Labute approximate surface area is 224 Å². The molecule has 2 aromatic heterocycles. The molecular formula is C27H34F4N6O2. The van der Waals surface area contributed by atoms with Crippen LogP contribution in [0.4, 0.5) is 23.4 Å². The predicted octanol–water partition coefficient (Wildman–Crippen LogP) is 4.67. The molecule has 0 radical (unpaired) electrons. The van der Waals surface area contributed by atoms with Crippen LogP contribution in [0.1, 0.15) is 56.6 Å². The molecule has 0 bridgehead atoms. The molecule has 2 fully saturated rings. The number of hydrogen-bond donors (Lipinski definition) is 1. The largest absolute Gasteiger partial charge is 0.419 e. The van der Waals surface area contributed by atoms with Gasteiger partial charge in [0.05, 0.1) is 18.2 Å². The van der Waals surface area contributed by atoms with Gasteiger partial charge >= 0.3 is 11.9 Å². The molecule has 3 unspecified atom stereocenters. The minimum atomic E-state index is -4.74. The van der Waals surface area contributed by atoms with E-state index in [1.165, 1.54) is 6.07 Å². The van der Waals surface area contributed by atoms with E-state index in [1.807, 2.05) is 32.3 Å². The Morgan fingerprint density at radius 3 is 2.59 bits per heavy atom. The smallest absolute Gasteiger partial charge is 0.376 e. The van der Waals surface area contributed by atoms with Crippen LogP contribution < -0.4 is 10.6 Å². The quantitative estimate of drug-likeness (QED) is 0.450. The molecule has 39 heavy (non-hydrogen) atoms. The Kier molecular flexibility index (Phi) is 7.45. The van der Waals surface area contributed by atoms with Crippen LogP contribution in [0.25, 0.3) is 11.2 Å². The van der Waals surface area contributed by atoms with Crippen LogP contribution in [0.5, 0.6) is 0 Å². The number of alkyl halides is 3. The minimum Gasteiger partial charge on any atom is -0.376 e. The summed E-state index contributed by atoms with van der Waals surface area (Å²) in [6, 6.07) is 2.85. The van der Waals surface area contributed by atoms with Gasteiger partial charge in [-0.2, -0.15) is 18.2 Å². The topological polar surface area (TPSA) is 79.3 Å². The lowest BCUT2D eigenvalue weighted by Crippen LogP contribution is -2.54. The van der Waals surface area contributed by atoms with Crippen molar-refractivity contribution in [2.75, 3.05) is 31.1 Å². The second-order valence-corrected chi connectivity index (χ2v) is 10.9. The maximum absolute atomic E-state index is 14.4. The van der Waals surface area contributed by atoms with Crippen LogP contribution in [-0.2, 0) is 17.5 Å². The highest BCUT2D eigenvalue weighted by atomic mass is 19.4. The second kappa shape index (κ2) is 10.5. The van der Waals surface area contributed by atoms with E-state index in [0.29, 0.717) is 48.7 Å². The van der Waals surface area contributed by atoms with Crippen molar-refractivity contribution >= 4 is 17.0 Å². The van der Waals surface area contributed by atoms with Crippen LogP contribution in [0, 0.1) is 18.7 Å². The normalized spacial score (nSPS) is 21.8. The number of piperazine rings is 1. The van der Waals surface area contributed by atoms with Gasteiger partial charge in [-0.1, -0.05) is 19.9 Å². The molecule has 5 rings (SSSR count). The molecule has 3 atom stereocenters. The average Bonchev–Trinajstić information content (AvgIpc) is 3.46. The lowest BCUT2D eigenvalue weighted by atomic mass is 9.92. The van der Waals surface area contributed by atoms with E-state index in [0.717, 1.165) is 37.4 Å². The van der Waals surface area contributed by atoms with E-state index < -0.39 is 23.2 Å². The molecule has 0 spiro atoms. The zero-order valence-electron chi connectivity index (χ0n) is 22.6. The van der Waals surface area contributed by atoms with E-state index in [1.54, 1.807) is 0 Å². The lowest BCUT2D eigenvalue weighted by molar-refractivity contribution is -0.140. The van der Waals surface area contributed by atoms with Crippen molar-refractivity contribution in [3.63, 3.8) is 0 Å². The number of nitrogens with one attached hydrogen (secondary N) is 1. The maximum Gasteiger partial charge on any atom is 0.419 e. The summed E-state index contributed by atoms with van der Waals surface area (Å²) in [6.07, 6.45) is -2.69. The number of anilines is 1. The highest BCUT2D eigenvalue weighted by molar-refractivity contribution is 5.84. The third-order valence-electron chi connectivity index (χ3n) is 7.81. The molecule has 12 heteroatoms. The molecule has 0 saturated carbocycles. The van der Waals surface area contributed by atoms with E-state index in [9.17, 15) is 22.4 Å². The zero-order valence-corrected chi connectivity index (χ0v) is 22.6. The van der Waals surface area contributed by atoms with Gasteiger partial charge in [0.2, 0.25) is 0 Å². The van der Waals surface area contributed by atoms with Crippen LogP contribution in [0.2, 0.25) is 0 Å². The minimum absolute atomic E-state index is 0.0282. The van der Waals surface area contributed by atoms with E-state index in [2.05, 4.69) is 19.8 Å². The number of aromatic amines is 1. The number of imidazole rings is 1. The van der Waals surface area contributed by atoms with Crippen LogP contribution in [0.3, 0.4) is 0 Å². The monoisotopic (exact) mass is 550 g/mol. The molecule has 212 valence electrons. The third-order valence-corrected chi connectivity index (χ3v) is 7.81. The summed E-state index contributed by atoms with van der Waals surface area (Å²) in [5, 5.41) is 0. The summed E-state index contributed by atoms with van der Waals surface area (Å²) in [7, 11) is 0. The number of nitrogens with zero attached hydrogens (tertiary/aromatic N) is 5. The van der Waals surface area contributed by atoms with Gasteiger partial charge in [0.1, 0.15) is 22.8 Å². The fourth-order valence-electron chi connectivity index (χ4n) is 6.06. The molecule has 2 saturated heterocycles. The molecule has 0 amide bonds. The Hall–Kier alpha value is -2.99. The third kappa shape index (κ3) is 5.41. The van der Waals surface area contributed by atoms with Crippen molar-refractivity contribution in [2.45, 2.75) is 71.4 Å². The fraction of sp³-hybridized carbons (Fsp3) is 0.593. The molecule has 0 aliphatic carbocycles. The van der Waals surface area contributed by atoms with Gasteiger partial charge in [-0.05, 0) is 50.3 Å². The number of rotatable bonds is 6. The van der Waals surface area contributed by atoms with Crippen molar-refractivity contribution in [1.82, 2.24) is 24.4 Å². The number of halogens is 4. The van der Waals surface area contributed by atoms with Gasteiger partial charge < -0.3 is 14.2 Å². The van der Waals surface area contributed by atoms with Crippen molar-refractivity contribution in [2.24, 2.45) is 5.92 Å². The summed E-state index contributed by atoms with van der Waals surface area (Å²) in [4.78, 5) is 28.8. The van der Waals surface area contributed by atoms with Gasteiger partial charge in [-0.3, -0.25) is 9.88 Å². The molecule has 2 aliphatic rings. The van der Waals surface area contributed by atoms with E-state index >= 15 is 0 Å². The van der Waals surface area contributed by atoms with E-state index in [-0.39, 0.29) is 24.1 Å². The molecule has 4 heterocycles. The molecular weight excluding hydrogens is 516 g/mol. The summed E-state index contributed by atoms with van der Waals surface area (Å²) in [6.45, 7) is 10.8. The maximum atomic E-state index is 14.4. The number of hydrogen-bond acceptors (Lipinski definition) is 6. The Morgan fingerprint density at radius 2 is 1.97 bits per heavy atom. The van der Waals surface area contributed by atoms with Gasteiger partial charge in [0.25, 0.3) is 0 Å². The van der Waals surface area contributed by atoms with Gasteiger partial charge in [-0.25, -0.2) is 14.2 Å². The van der Waals surface area contributed by atoms with Gasteiger partial charge in [0, 0.05) is 38.3 Å². The summed E-state index contributed by atoms with van der Waals surface area (Å²) < 4.78 is 61.6. The van der Waals surface area contributed by atoms with Crippen LogP contribution in [0.15, 0.2) is 23.0 Å². The van der Waals surface area contributed by atoms with Crippen LogP contribution >= 0.6 is 0 Å². The molecule has 2 aliphatic heterocycles. The standard InChI is InChI=1S/C27H34F4N6O2/c1-15(2)23(18-7-8-20(21(28)12-18)27(29,30)31)35-9-10-36(16(3)13-35)24-22-25(34-26(38)33-24)37(17(4)32-22)14-19-6-5-11-39-19/h7-8,12,15-16,19,23H,5-6,9-11,13-14H2,1-4H3,(H,33,34,38). The highest BCUT2D eigenvalue weighted by Crippen LogP contribution is 2.37. The number of aromatic nitrogens is 4. The molecule has 1 N–H and O–H groups in total. The Morgan fingerprint density at radius 1 is 1.21 bits per heavy atom. The first kappa shape index (κ1) is 27.6. The highest BCUT2D eigenvalue weighted by Gasteiger charge is 2.37. The molecule has 3 aromatic rings. The predicted molar refractivity (Wildman–Crippen MR) is 139 cm³/mol. The summed E-state index contributed by atoms with van der Waals surface area (Å²) >= 11 is 0. The average molecular weight is 551 g/mol. The Balaban J connectivity index is 1.41. The van der Waals surface area contributed by atoms with Crippen molar-refractivity contribution in [3.8, 4) is 0 Å². The first-order valence-electron chi connectivity index (χ1n) is 13.4. The number of ether oxygens (including phenoxy) is 1. The molecule has 1 aromatic carbocycles. The molecule has 8 nitrogen and oxygen atoms in total. The van der Waals surface area contributed by atoms with Crippen LogP contribution in [-0.4, -0.2) is 62.8 Å². The first-order valence-corrected chi connectivity index (χ1v) is 13.4. The van der Waals surface area contributed by atoms with Gasteiger partial charge in [-0.15, -0.1) is 0 Å². The SMILES string of the molecule is Cc1nc2c(N3CCN(C(c4ccc(C(F)(F)F)c(F)c4)C(C)C)CC3C)nc(=O)[nH]c2n1CC1CCCO1. The number of H-pyrrole nitrogens is 1. The number of benzene rings is 1. The zero-order chi connectivity index (χ0) is 28.1. The van der Waals surface area contributed by atoms with Crippen molar-refractivity contribution < 1.29 is 22.3 Å². The van der Waals surface area contributed by atoms with E-state index in [4.69, 9.17) is 9.72 Å².